The largest absolute Gasteiger partial charge is 0.460 e. The van der Waals surface area contributed by atoms with Gasteiger partial charge in [-0.05, 0) is 61.8 Å². The average molecular weight is 754 g/mol. The first-order valence-electron chi connectivity index (χ1n) is 16.4. The van der Waals surface area contributed by atoms with Crippen molar-refractivity contribution < 1.29 is 38.2 Å². The molecule has 15 heteroatoms. The summed E-state index contributed by atoms with van der Waals surface area (Å²) in [5.41, 5.74) is 6.16. The van der Waals surface area contributed by atoms with Crippen LogP contribution in [0.1, 0.15) is 70.9 Å². The summed E-state index contributed by atoms with van der Waals surface area (Å²) in [6.45, 7) is 8.17. The number of nitrogens with zero attached hydrogens (tertiary/aromatic N) is 1. The first kappa shape index (κ1) is 39.2. The minimum absolute atomic E-state index is 0.0396. The zero-order valence-electron chi connectivity index (χ0n) is 28.6. The number of nitrogens with one attached hydrogen (secondary N) is 3. The number of hydrogen-bond acceptors (Lipinski definition) is 9. The van der Waals surface area contributed by atoms with Crippen molar-refractivity contribution in [1.82, 2.24) is 21.1 Å². The zero-order chi connectivity index (χ0) is 36.8. The lowest BCUT2D eigenvalue weighted by atomic mass is 9.98. The lowest BCUT2D eigenvalue weighted by Gasteiger charge is -2.35. The molecule has 0 bridgehead atoms. The Balaban J connectivity index is 1.44. The van der Waals surface area contributed by atoms with Gasteiger partial charge in [0.05, 0.1) is 6.42 Å². The molecule has 0 unspecified atom stereocenters. The summed E-state index contributed by atoms with van der Waals surface area (Å²) >= 11 is 17.1. The molecule has 2 aromatic carbocycles. The lowest BCUT2D eigenvalue weighted by Crippen LogP contribution is -2.62. The standard InChI is InChI=1S/C35H43Cl3N4O8/c1-20(2)29(40-33(47)48-18-25-23-13-8-6-11-21(23)22-12-7-9-14-24(22)25)30(44)39-27(17-28(43)50-34(3,4)5)31(45)42-16-10-15-26(41-42)32(46)49-19-35(36,37)38/h6-9,11-14,20,25-27,29,41H,10,15-19H2,1-5H3,(H,39,44)(H,40,47)/t26-,27-,29-/m0/s1. The Labute approximate surface area is 306 Å². The molecule has 1 aliphatic carbocycles. The van der Waals surface area contributed by atoms with Gasteiger partial charge in [-0.25, -0.2) is 10.2 Å². The van der Waals surface area contributed by atoms with Crippen molar-refractivity contribution in [2.45, 2.75) is 87.3 Å². The van der Waals surface area contributed by atoms with E-state index in [-0.39, 0.29) is 19.1 Å². The predicted octanol–water partition coefficient (Wildman–Crippen LogP) is 5.18. The highest BCUT2D eigenvalue weighted by Crippen LogP contribution is 2.44. The van der Waals surface area contributed by atoms with E-state index in [1.807, 2.05) is 48.5 Å². The maximum absolute atomic E-state index is 13.8. The fourth-order valence-electron chi connectivity index (χ4n) is 5.87. The second-order valence-corrected chi connectivity index (χ2v) is 16.1. The summed E-state index contributed by atoms with van der Waals surface area (Å²) in [7, 11) is 0. The number of amides is 3. The fourth-order valence-corrected chi connectivity index (χ4v) is 6.03. The van der Waals surface area contributed by atoms with Gasteiger partial charge in [0, 0.05) is 12.5 Å². The Morgan fingerprint density at radius 2 is 1.52 bits per heavy atom. The van der Waals surface area contributed by atoms with Crippen molar-refractivity contribution in [1.29, 1.82) is 0 Å². The van der Waals surface area contributed by atoms with Gasteiger partial charge >= 0.3 is 18.0 Å². The molecule has 0 saturated carbocycles. The van der Waals surface area contributed by atoms with E-state index in [9.17, 15) is 24.0 Å². The van der Waals surface area contributed by atoms with Crippen LogP contribution in [0.15, 0.2) is 48.5 Å². The molecule has 4 rings (SSSR count). The minimum atomic E-state index is -1.82. The van der Waals surface area contributed by atoms with Gasteiger partial charge in [0.1, 0.15) is 36.9 Å². The lowest BCUT2D eigenvalue weighted by molar-refractivity contribution is -0.160. The van der Waals surface area contributed by atoms with E-state index in [1.165, 1.54) is 0 Å². The van der Waals surface area contributed by atoms with Crippen LogP contribution in [0.2, 0.25) is 0 Å². The monoisotopic (exact) mass is 752 g/mol. The van der Waals surface area contributed by atoms with Gasteiger partial charge in [-0.3, -0.25) is 24.2 Å². The minimum Gasteiger partial charge on any atom is -0.460 e. The second kappa shape index (κ2) is 16.6. The van der Waals surface area contributed by atoms with Gasteiger partial charge in [-0.2, -0.15) is 0 Å². The molecule has 3 N–H and O–H groups in total. The maximum Gasteiger partial charge on any atom is 0.407 e. The van der Waals surface area contributed by atoms with Crippen LogP contribution in [0.5, 0.6) is 0 Å². The molecule has 1 saturated heterocycles. The van der Waals surface area contributed by atoms with Crippen molar-refractivity contribution in [3.8, 4) is 11.1 Å². The number of halogens is 3. The number of esters is 2. The molecule has 2 aromatic rings. The first-order valence-corrected chi connectivity index (χ1v) is 17.5. The highest BCUT2D eigenvalue weighted by molar-refractivity contribution is 6.67. The number of alkyl carbamates (subject to hydrolysis) is 1. The van der Waals surface area contributed by atoms with Gasteiger partial charge in [0.2, 0.25) is 9.70 Å². The molecule has 2 aliphatic rings. The molecular formula is C35H43Cl3N4O8. The number of hydrogen-bond donors (Lipinski definition) is 3. The topological polar surface area (TPSA) is 152 Å². The smallest absolute Gasteiger partial charge is 0.407 e. The van der Waals surface area contributed by atoms with Crippen LogP contribution in [0.4, 0.5) is 4.79 Å². The van der Waals surface area contributed by atoms with Crippen LogP contribution in [-0.2, 0) is 33.4 Å². The molecule has 50 heavy (non-hydrogen) atoms. The molecule has 0 spiro atoms. The molecule has 0 radical (unpaired) electrons. The molecule has 3 atom stereocenters. The third-order valence-electron chi connectivity index (χ3n) is 8.09. The Morgan fingerprint density at radius 1 is 0.920 bits per heavy atom. The van der Waals surface area contributed by atoms with Gasteiger partial charge in [0.25, 0.3) is 5.91 Å². The molecule has 0 aromatic heterocycles. The third kappa shape index (κ3) is 10.7. The van der Waals surface area contributed by atoms with Crippen molar-refractivity contribution in [3.05, 3.63) is 59.7 Å². The van der Waals surface area contributed by atoms with Gasteiger partial charge < -0.3 is 24.8 Å². The molecule has 12 nitrogen and oxygen atoms in total. The number of fused-ring (bicyclic) bond motifs is 3. The van der Waals surface area contributed by atoms with Gasteiger partial charge in [0.15, 0.2) is 0 Å². The van der Waals surface area contributed by atoms with E-state index in [4.69, 9.17) is 49.0 Å². The number of ether oxygens (including phenoxy) is 3. The van der Waals surface area contributed by atoms with Crippen LogP contribution in [0.25, 0.3) is 11.1 Å². The van der Waals surface area contributed by atoms with Crippen LogP contribution < -0.4 is 16.1 Å². The van der Waals surface area contributed by atoms with Crippen molar-refractivity contribution in [2.24, 2.45) is 5.92 Å². The maximum atomic E-state index is 13.8. The number of carbonyl (C=O) groups excluding carboxylic acids is 5. The normalized spacial score (nSPS) is 17.2. The van der Waals surface area contributed by atoms with E-state index < -0.39 is 76.3 Å². The summed E-state index contributed by atoms with van der Waals surface area (Å²) in [4.78, 5) is 66.1. The number of benzene rings is 2. The SMILES string of the molecule is CC(C)[C@H](NC(=O)OCC1c2ccccc2-c2ccccc21)C(=O)N[C@@H](CC(=O)OC(C)(C)C)C(=O)N1CCC[C@@H](C(=O)OCC(Cl)(Cl)Cl)N1. The van der Waals surface area contributed by atoms with E-state index >= 15 is 0 Å². The van der Waals surface area contributed by atoms with E-state index in [2.05, 4.69) is 16.1 Å². The highest BCUT2D eigenvalue weighted by atomic mass is 35.6. The van der Waals surface area contributed by atoms with E-state index in [0.29, 0.717) is 12.8 Å². The van der Waals surface area contributed by atoms with Crippen molar-refractivity contribution in [3.63, 3.8) is 0 Å². The highest BCUT2D eigenvalue weighted by Gasteiger charge is 2.38. The summed E-state index contributed by atoms with van der Waals surface area (Å²) < 4.78 is 14.3. The fraction of sp³-hybridized carbons (Fsp3) is 0.514. The van der Waals surface area contributed by atoms with Crippen LogP contribution in [0, 0.1) is 5.92 Å². The number of hydrazine groups is 1. The zero-order valence-corrected chi connectivity index (χ0v) is 30.9. The number of rotatable bonds is 11. The molecule has 1 fully saturated rings. The predicted molar refractivity (Wildman–Crippen MR) is 188 cm³/mol. The summed E-state index contributed by atoms with van der Waals surface area (Å²) in [6, 6.07) is 12.4. The number of carbonyl (C=O) groups is 5. The van der Waals surface area contributed by atoms with Crippen molar-refractivity contribution >= 4 is 64.6 Å². The Morgan fingerprint density at radius 3 is 2.08 bits per heavy atom. The Bertz CT molecular complexity index is 1530. The quantitative estimate of drug-likeness (QED) is 0.160. The molecule has 1 heterocycles. The molecule has 272 valence electrons. The van der Waals surface area contributed by atoms with Crippen LogP contribution in [0.3, 0.4) is 0 Å². The van der Waals surface area contributed by atoms with E-state index in [1.54, 1.807) is 34.6 Å². The van der Waals surface area contributed by atoms with Gasteiger partial charge in [-0.1, -0.05) is 97.2 Å². The molecule has 3 amide bonds. The van der Waals surface area contributed by atoms with Crippen LogP contribution >= 0.6 is 34.8 Å². The van der Waals surface area contributed by atoms with Crippen LogP contribution in [-0.4, -0.2) is 82.1 Å². The van der Waals surface area contributed by atoms with Gasteiger partial charge in [-0.15, -0.1) is 0 Å². The second-order valence-electron chi connectivity index (χ2n) is 13.6. The third-order valence-corrected chi connectivity index (χ3v) is 8.41. The molecular weight excluding hydrogens is 711 g/mol. The van der Waals surface area contributed by atoms with E-state index in [0.717, 1.165) is 27.3 Å². The summed E-state index contributed by atoms with van der Waals surface area (Å²) in [5, 5.41) is 6.39. The Kier molecular flexibility index (Phi) is 13.0. The average Bonchev–Trinajstić information content (AvgIpc) is 3.36. The first-order chi connectivity index (χ1) is 23.4. The Hall–Kier alpha value is -3.58. The summed E-state index contributed by atoms with van der Waals surface area (Å²) in [5.74, 6) is -3.52. The summed E-state index contributed by atoms with van der Waals surface area (Å²) in [6.07, 6.45) is -0.606. The number of alkyl halides is 3. The van der Waals surface area contributed by atoms with Crippen molar-refractivity contribution in [2.75, 3.05) is 19.8 Å². The molecule has 1 aliphatic heterocycles.